The molecule has 1 heterocycles. The number of rotatable bonds is 7. The fourth-order valence-electron chi connectivity index (χ4n) is 2.73. The van der Waals surface area contributed by atoms with E-state index in [2.05, 4.69) is 34.5 Å². The summed E-state index contributed by atoms with van der Waals surface area (Å²) in [5, 5.41) is 2.98. The van der Waals surface area contributed by atoms with Crippen molar-refractivity contribution >= 4 is 29.0 Å². The second-order valence-corrected chi connectivity index (χ2v) is 7.09. The van der Waals surface area contributed by atoms with E-state index in [-0.39, 0.29) is 5.91 Å². The molecule has 2 aromatic carbocycles. The average molecular weight is 356 g/mol. The zero-order chi connectivity index (χ0) is 17.3. The molecule has 0 aromatic heterocycles. The highest BCUT2D eigenvalue weighted by Gasteiger charge is 2.11. The van der Waals surface area contributed by atoms with Gasteiger partial charge < -0.3 is 15.0 Å². The fraction of sp³-hybridized carbons (Fsp3) is 0.350. The van der Waals surface area contributed by atoms with E-state index < -0.39 is 0 Å². The summed E-state index contributed by atoms with van der Waals surface area (Å²) in [6, 6.07) is 18.4. The van der Waals surface area contributed by atoms with Crippen LogP contribution in [0.1, 0.15) is 12.0 Å². The second-order valence-electron chi connectivity index (χ2n) is 5.98. The summed E-state index contributed by atoms with van der Waals surface area (Å²) in [6.07, 6.45) is 0.530. The number of ether oxygens (including phenoxy) is 1. The van der Waals surface area contributed by atoms with Crippen molar-refractivity contribution in [2.45, 2.75) is 12.2 Å². The molecule has 132 valence electrons. The molecule has 1 N–H and O–H groups in total. The Morgan fingerprint density at radius 1 is 1.04 bits per heavy atom. The predicted molar refractivity (Wildman–Crippen MR) is 105 cm³/mol. The Balaban J connectivity index is 1.38. The van der Waals surface area contributed by atoms with Gasteiger partial charge in [0.05, 0.1) is 13.2 Å². The number of carbonyl (C=O) groups excluding carboxylic acids is 1. The van der Waals surface area contributed by atoms with Crippen LogP contribution in [0.15, 0.2) is 54.6 Å². The van der Waals surface area contributed by atoms with Gasteiger partial charge in [-0.1, -0.05) is 30.3 Å². The zero-order valence-corrected chi connectivity index (χ0v) is 15.1. The van der Waals surface area contributed by atoms with Crippen LogP contribution in [0.2, 0.25) is 0 Å². The molecule has 1 saturated heterocycles. The molecule has 2 aromatic rings. The number of nitrogens with one attached hydrogen (secondary N) is 1. The molecule has 0 aliphatic carbocycles. The van der Waals surface area contributed by atoms with E-state index in [9.17, 15) is 4.79 Å². The van der Waals surface area contributed by atoms with E-state index in [1.54, 1.807) is 11.8 Å². The summed E-state index contributed by atoms with van der Waals surface area (Å²) in [5.74, 6) is 1.84. The molecule has 0 atom stereocenters. The minimum atomic E-state index is 0.0692. The molecule has 0 radical (unpaired) electrons. The highest BCUT2D eigenvalue weighted by atomic mass is 32.2. The first-order valence-electron chi connectivity index (χ1n) is 8.65. The van der Waals surface area contributed by atoms with E-state index >= 15 is 0 Å². The summed E-state index contributed by atoms with van der Waals surface area (Å²) in [4.78, 5) is 14.4. The maximum absolute atomic E-state index is 12.1. The topological polar surface area (TPSA) is 41.6 Å². The van der Waals surface area contributed by atoms with Crippen molar-refractivity contribution in [1.82, 2.24) is 0 Å². The lowest BCUT2D eigenvalue weighted by atomic mass is 10.2. The van der Waals surface area contributed by atoms with Crippen LogP contribution in [0, 0.1) is 0 Å². The maximum atomic E-state index is 12.1. The summed E-state index contributed by atoms with van der Waals surface area (Å²) in [6.45, 7) is 3.40. The first-order chi connectivity index (χ1) is 12.3. The van der Waals surface area contributed by atoms with Gasteiger partial charge in [-0.3, -0.25) is 4.79 Å². The van der Waals surface area contributed by atoms with Gasteiger partial charge in [0.1, 0.15) is 0 Å². The smallest absolute Gasteiger partial charge is 0.225 e. The van der Waals surface area contributed by atoms with Crippen LogP contribution in [0.3, 0.4) is 0 Å². The Hall–Kier alpha value is -1.98. The SMILES string of the molecule is O=C(CCSCc1ccccc1)Nc1ccc(N2CCOCC2)cc1. The third kappa shape index (κ3) is 5.80. The number of anilines is 2. The molecule has 3 rings (SSSR count). The lowest BCUT2D eigenvalue weighted by molar-refractivity contribution is -0.115. The largest absolute Gasteiger partial charge is 0.378 e. The van der Waals surface area contributed by atoms with Gasteiger partial charge in [-0.05, 0) is 29.8 Å². The van der Waals surface area contributed by atoms with Gasteiger partial charge >= 0.3 is 0 Å². The predicted octanol–water partition coefficient (Wildman–Crippen LogP) is 3.79. The Morgan fingerprint density at radius 3 is 2.48 bits per heavy atom. The molecule has 25 heavy (non-hydrogen) atoms. The van der Waals surface area contributed by atoms with Crippen molar-refractivity contribution in [2.75, 3.05) is 42.3 Å². The highest BCUT2D eigenvalue weighted by molar-refractivity contribution is 7.98. The van der Waals surface area contributed by atoms with Gasteiger partial charge in [-0.2, -0.15) is 11.8 Å². The van der Waals surface area contributed by atoms with E-state index in [0.717, 1.165) is 43.5 Å². The van der Waals surface area contributed by atoms with E-state index in [4.69, 9.17) is 4.74 Å². The maximum Gasteiger partial charge on any atom is 0.225 e. The molecule has 1 fully saturated rings. The van der Waals surface area contributed by atoms with Crippen molar-refractivity contribution in [3.05, 3.63) is 60.2 Å². The zero-order valence-electron chi connectivity index (χ0n) is 14.3. The third-order valence-electron chi connectivity index (χ3n) is 4.11. The number of benzene rings is 2. The molecule has 0 spiro atoms. The van der Waals surface area contributed by atoms with Crippen molar-refractivity contribution in [2.24, 2.45) is 0 Å². The van der Waals surface area contributed by atoms with Crippen molar-refractivity contribution in [1.29, 1.82) is 0 Å². The molecule has 0 bridgehead atoms. The van der Waals surface area contributed by atoms with E-state index in [0.29, 0.717) is 6.42 Å². The first kappa shape index (κ1) is 17.8. The molecule has 0 unspecified atom stereocenters. The number of amides is 1. The quantitative estimate of drug-likeness (QED) is 0.767. The van der Waals surface area contributed by atoms with Gasteiger partial charge in [0.15, 0.2) is 0 Å². The lowest BCUT2D eigenvalue weighted by Crippen LogP contribution is -2.36. The van der Waals surface area contributed by atoms with Gasteiger partial charge in [0.2, 0.25) is 5.91 Å². The van der Waals surface area contributed by atoms with Crippen LogP contribution in [-0.2, 0) is 15.3 Å². The lowest BCUT2D eigenvalue weighted by Gasteiger charge is -2.28. The average Bonchev–Trinajstić information content (AvgIpc) is 2.67. The summed E-state index contributed by atoms with van der Waals surface area (Å²) in [5.41, 5.74) is 3.33. The molecule has 1 aliphatic heterocycles. The summed E-state index contributed by atoms with van der Waals surface area (Å²) < 4.78 is 5.37. The molecule has 1 amide bonds. The molecule has 4 nitrogen and oxygen atoms in total. The van der Waals surface area contributed by atoms with E-state index in [1.165, 1.54) is 11.3 Å². The number of nitrogens with zero attached hydrogens (tertiary/aromatic N) is 1. The van der Waals surface area contributed by atoms with Crippen LogP contribution in [0.25, 0.3) is 0 Å². The first-order valence-corrected chi connectivity index (χ1v) is 9.81. The van der Waals surface area contributed by atoms with Gasteiger partial charge in [-0.25, -0.2) is 0 Å². The van der Waals surface area contributed by atoms with Gasteiger partial charge in [-0.15, -0.1) is 0 Å². The monoisotopic (exact) mass is 356 g/mol. The number of hydrogen-bond donors (Lipinski definition) is 1. The minimum absolute atomic E-state index is 0.0692. The standard InChI is InChI=1S/C20H24N2O2S/c23-20(10-15-25-16-17-4-2-1-3-5-17)21-18-6-8-19(9-7-18)22-11-13-24-14-12-22/h1-9H,10-16H2,(H,21,23). The number of carbonyl (C=O) groups is 1. The van der Waals surface area contributed by atoms with Crippen molar-refractivity contribution in [3.63, 3.8) is 0 Å². The molecular weight excluding hydrogens is 332 g/mol. The van der Waals surface area contributed by atoms with E-state index in [1.807, 2.05) is 30.3 Å². The van der Waals surface area contributed by atoms with Crippen LogP contribution in [0.5, 0.6) is 0 Å². The van der Waals surface area contributed by atoms with Crippen LogP contribution in [0.4, 0.5) is 11.4 Å². The number of hydrogen-bond acceptors (Lipinski definition) is 4. The Morgan fingerprint density at radius 2 is 1.76 bits per heavy atom. The Bertz CT molecular complexity index is 655. The molecular formula is C20H24N2O2S. The van der Waals surface area contributed by atoms with Crippen LogP contribution in [-0.4, -0.2) is 38.0 Å². The molecule has 0 saturated carbocycles. The fourth-order valence-corrected chi connectivity index (χ4v) is 3.63. The highest BCUT2D eigenvalue weighted by Crippen LogP contribution is 2.19. The summed E-state index contributed by atoms with van der Waals surface area (Å²) in [7, 11) is 0. The molecule has 1 aliphatic rings. The number of morpholine rings is 1. The van der Waals surface area contributed by atoms with Crippen LogP contribution >= 0.6 is 11.8 Å². The van der Waals surface area contributed by atoms with Crippen molar-refractivity contribution < 1.29 is 9.53 Å². The van der Waals surface area contributed by atoms with Gasteiger partial charge in [0.25, 0.3) is 0 Å². The summed E-state index contributed by atoms with van der Waals surface area (Å²) >= 11 is 1.79. The Labute approximate surface area is 153 Å². The van der Waals surface area contributed by atoms with Crippen LogP contribution < -0.4 is 10.2 Å². The second kappa shape index (κ2) is 9.49. The molecule has 5 heteroatoms. The Kier molecular flexibility index (Phi) is 6.77. The third-order valence-corrected chi connectivity index (χ3v) is 5.14. The van der Waals surface area contributed by atoms with Crippen molar-refractivity contribution in [3.8, 4) is 0 Å². The number of thioether (sulfide) groups is 1. The van der Waals surface area contributed by atoms with Gasteiger partial charge in [0, 0.05) is 42.4 Å². The minimum Gasteiger partial charge on any atom is -0.378 e. The normalized spacial score (nSPS) is 14.3.